The van der Waals surface area contributed by atoms with E-state index in [0.717, 1.165) is 67.5 Å². The van der Waals surface area contributed by atoms with E-state index in [1.807, 2.05) is 0 Å². The van der Waals surface area contributed by atoms with Crippen molar-refractivity contribution in [2.75, 3.05) is 66.7 Å². The molecule has 0 aromatic carbocycles. The highest BCUT2D eigenvalue weighted by molar-refractivity contribution is 7.38. The van der Waals surface area contributed by atoms with Crippen LogP contribution in [0.15, 0.2) is 0 Å². The van der Waals surface area contributed by atoms with Crippen LogP contribution in [0.1, 0.15) is 25.7 Å². The van der Waals surface area contributed by atoms with Crippen LogP contribution in [0, 0.1) is 0 Å². The molecule has 2 N–H and O–H groups in total. The summed E-state index contributed by atoms with van der Waals surface area (Å²) in [5.41, 5.74) is 5.85. The van der Waals surface area contributed by atoms with Gasteiger partial charge in [-0.2, -0.15) is 0 Å². The van der Waals surface area contributed by atoms with E-state index in [1.54, 1.807) is 35.5 Å². The predicted molar refractivity (Wildman–Crippen MR) is 109 cm³/mol. The second-order valence-corrected chi connectivity index (χ2v) is 8.97. The van der Waals surface area contributed by atoms with Crippen molar-refractivity contribution in [1.29, 1.82) is 0 Å². The van der Waals surface area contributed by atoms with Crippen LogP contribution >= 0.6 is 17.2 Å². The molecule has 0 radical (unpaired) electrons. The molecule has 0 aliphatic heterocycles. The Morgan fingerprint density at radius 3 is 1.40 bits per heavy atom. The summed E-state index contributed by atoms with van der Waals surface area (Å²) >= 11 is 0. The third-order valence-electron chi connectivity index (χ3n) is 4.49. The van der Waals surface area contributed by atoms with Crippen molar-refractivity contribution in [2.45, 2.75) is 43.9 Å². The summed E-state index contributed by atoms with van der Waals surface area (Å²) in [7, 11) is 10.3. The number of nitrogens with two attached hydrogens (primary N) is 1. The summed E-state index contributed by atoms with van der Waals surface area (Å²) in [6.45, 7) is 0.579. The number of methoxy groups -OCH3 is 5. The van der Waals surface area contributed by atoms with E-state index in [1.165, 1.54) is 0 Å². The molecule has 0 rings (SSSR count). The molecule has 0 aliphatic rings. The Kier molecular flexibility index (Phi) is 17.2. The van der Waals surface area contributed by atoms with Gasteiger partial charge in [0.15, 0.2) is 12.6 Å². The Hall–Kier alpha value is 0.620. The van der Waals surface area contributed by atoms with Crippen LogP contribution in [-0.2, 0) is 23.7 Å². The van der Waals surface area contributed by atoms with Crippen molar-refractivity contribution in [3.63, 3.8) is 0 Å². The minimum Gasteiger partial charge on any atom is -0.377 e. The van der Waals surface area contributed by atoms with Crippen molar-refractivity contribution in [3.05, 3.63) is 0 Å². The highest BCUT2D eigenvalue weighted by atomic mass is 31.1. The molecule has 0 saturated heterocycles. The first kappa shape index (κ1) is 25.6. The predicted octanol–water partition coefficient (Wildman–Crippen LogP) is 2.49. The van der Waals surface area contributed by atoms with Gasteiger partial charge in [-0.05, 0) is 37.5 Å². The average Bonchev–Trinajstić information content (AvgIpc) is 2.66. The van der Waals surface area contributed by atoms with Gasteiger partial charge in [0.1, 0.15) is 0 Å². The molecule has 0 amide bonds. The lowest BCUT2D eigenvalue weighted by Crippen LogP contribution is -2.41. The molecule has 8 heteroatoms. The van der Waals surface area contributed by atoms with Crippen LogP contribution in [0.25, 0.3) is 0 Å². The van der Waals surface area contributed by atoms with Crippen LogP contribution in [0.4, 0.5) is 0 Å². The van der Waals surface area contributed by atoms with E-state index >= 15 is 0 Å². The maximum Gasteiger partial charge on any atom is 0.157 e. The maximum atomic E-state index is 6.03. The van der Waals surface area contributed by atoms with Crippen molar-refractivity contribution < 1.29 is 23.7 Å². The molecule has 0 heterocycles. The van der Waals surface area contributed by atoms with Crippen LogP contribution in [0.2, 0.25) is 0 Å². The minimum atomic E-state index is -0.177. The molecule has 152 valence electrons. The van der Waals surface area contributed by atoms with Gasteiger partial charge in [-0.3, -0.25) is 0 Å². The minimum absolute atomic E-state index is 0.0848. The summed E-state index contributed by atoms with van der Waals surface area (Å²) in [6, 6.07) is 0. The molecule has 0 aromatic rings. The highest BCUT2D eigenvalue weighted by Crippen LogP contribution is 2.28. The van der Waals surface area contributed by atoms with E-state index in [2.05, 4.69) is 0 Å². The van der Waals surface area contributed by atoms with Gasteiger partial charge in [0.05, 0.1) is 5.60 Å². The summed E-state index contributed by atoms with van der Waals surface area (Å²) in [5.74, 6) is 0. The van der Waals surface area contributed by atoms with Crippen molar-refractivity contribution in [3.8, 4) is 0 Å². The quantitative estimate of drug-likeness (QED) is 0.217. The summed E-state index contributed by atoms with van der Waals surface area (Å²) < 4.78 is 26.7. The zero-order chi connectivity index (χ0) is 19.0. The number of ether oxygens (including phenoxy) is 5. The first-order valence-electron chi connectivity index (χ1n) is 8.89. The van der Waals surface area contributed by atoms with Gasteiger partial charge in [-0.25, -0.2) is 0 Å². The maximum absolute atomic E-state index is 6.03. The van der Waals surface area contributed by atoms with Gasteiger partial charge >= 0.3 is 0 Å². The summed E-state index contributed by atoms with van der Waals surface area (Å²) in [5, 5.41) is 0. The SMILES string of the molecule is COC(CCPCCC(CN)(CCPCCC(OC)OC)OC)OC. The van der Waals surface area contributed by atoms with Gasteiger partial charge in [-0.1, -0.05) is 0 Å². The van der Waals surface area contributed by atoms with E-state index in [-0.39, 0.29) is 18.2 Å². The molecule has 25 heavy (non-hydrogen) atoms. The topological polar surface area (TPSA) is 72.2 Å². The van der Waals surface area contributed by atoms with Gasteiger partial charge in [0.2, 0.25) is 0 Å². The summed E-state index contributed by atoms with van der Waals surface area (Å²) in [6.07, 6.45) is 8.27. The zero-order valence-corrected chi connectivity index (χ0v) is 18.6. The molecule has 0 saturated carbocycles. The van der Waals surface area contributed by atoms with Gasteiger partial charge in [-0.15, -0.1) is 17.2 Å². The standard InChI is InChI=1S/C17H39NO5P2/c1-19-15(20-2)6-10-24-12-8-17(14-18,23-5)9-13-25-11-7-16(21-3)22-4/h15-16,24-25H,6-14,18H2,1-5H3. The largest absolute Gasteiger partial charge is 0.377 e. The Morgan fingerprint density at radius 2 is 1.12 bits per heavy atom. The Labute approximate surface area is 157 Å². The van der Waals surface area contributed by atoms with Crippen LogP contribution < -0.4 is 5.73 Å². The molecule has 2 atom stereocenters. The van der Waals surface area contributed by atoms with E-state index in [4.69, 9.17) is 29.4 Å². The Morgan fingerprint density at radius 1 is 0.720 bits per heavy atom. The van der Waals surface area contributed by atoms with Gasteiger partial charge in [0.25, 0.3) is 0 Å². The van der Waals surface area contributed by atoms with Crippen LogP contribution in [0.5, 0.6) is 0 Å². The molecular weight excluding hydrogens is 360 g/mol. The van der Waals surface area contributed by atoms with E-state index in [9.17, 15) is 0 Å². The second kappa shape index (κ2) is 16.8. The lowest BCUT2D eigenvalue weighted by Gasteiger charge is -2.31. The van der Waals surface area contributed by atoms with Crippen LogP contribution in [-0.4, -0.2) is 84.9 Å². The third kappa shape index (κ3) is 11.8. The molecule has 0 aliphatic carbocycles. The van der Waals surface area contributed by atoms with Crippen molar-refractivity contribution in [1.82, 2.24) is 0 Å². The Bertz CT molecular complexity index is 264. The molecule has 6 nitrogen and oxygen atoms in total. The number of hydrogen-bond acceptors (Lipinski definition) is 6. The molecule has 0 aromatic heterocycles. The highest BCUT2D eigenvalue weighted by Gasteiger charge is 2.27. The molecular formula is C17H39NO5P2. The zero-order valence-electron chi connectivity index (χ0n) is 16.6. The van der Waals surface area contributed by atoms with E-state index in [0.29, 0.717) is 6.54 Å². The molecule has 0 fully saturated rings. The van der Waals surface area contributed by atoms with E-state index < -0.39 is 0 Å². The smallest absolute Gasteiger partial charge is 0.157 e. The normalized spacial score (nSPS) is 15.4. The second-order valence-electron chi connectivity index (χ2n) is 5.97. The fourth-order valence-corrected chi connectivity index (χ4v) is 5.25. The molecule has 0 spiro atoms. The number of rotatable bonds is 18. The fourth-order valence-electron chi connectivity index (χ4n) is 2.60. The molecule has 2 unspecified atom stereocenters. The van der Waals surface area contributed by atoms with Crippen LogP contribution in [0.3, 0.4) is 0 Å². The van der Waals surface area contributed by atoms with Crippen molar-refractivity contribution in [2.24, 2.45) is 5.73 Å². The van der Waals surface area contributed by atoms with Crippen molar-refractivity contribution >= 4 is 17.2 Å². The Balaban J connectivity index is 3.98. The summed E-state index contributed by atoms with van der Waals surface area (Å²) in [4.78, 5) is 0. The lowest BCUT2D eigenvalue weighted by atomic mass is 9.97. The monoisotopic (exact) mass is 399 g/mol. The molecule has 0 bridgehead atoms. The van der Waals surface area contributed by atoms with Gasteiger partial charge in [0, 0.05) is 54.9 Å². The first-order chi connectivity index (χ1) is 12.1. The average molecular weight is 399 g/mol. The lowest BCUT2D eigenvalue weighted by molar-refractivity contribution is -0.102. The first-order valence-corrected chi connectivity index (χ1v) is 11.7. The van der Waals surface area contributed by atoms with Gasteiger partial charge < -0.3 is 29.4 Å². The number of hydrogen-bond donors (Lipinski definition) is 1. The third-order valence-corrected chi connectivity index (χ3v) is 6.98. The fraction of sp³-hybridized carbons (Fsp3) is 1.00.